The second kappa shape index (κ2) is 15.0. The number of rotatable bonds is 4. The van der Waals surface area contributed by atoms with Crippen LogP contribution in [0.1, 0.15) is 49.9 Å². The molecule has 0 aliphatic heterocycles. The minimum atomic E-state index is -0.247. The zero-order valence-corrected chi connectivity index (χ0v) is 40.9. The molecule has 0 bridgehead atoms. The molecular formula is C72H50. The van der Waals surface area contributed by atoms with Crippen molar-refractivity contribution in [3.63, 3.8) is 0 Å². The van der Waals surface area contributed by atoms with Crippen LogP contribution in [-0.4, -0.2) is 0 Å². The minimum absolute atomic E-state index is 0.246. The summed E-state index contributed by atoms with van der Waals surface area (Å²) in [6.07, 6.45) is 0. The quantitative estimate of drug-likeness (QED) is 0.154. The van der Waals surface area contributed by atoms with Gasteiger partial charge in [-0.3, -0.25) is 0 Å². The van der Waals surface area contributed by atoms with E-state index in [1.807, 2.05) is 0 Å². The van der Waals surface area contributed by atoms with Gasteiger partial charge < -0.3 is 0 Å². The lowest BCUT2D eigenvalue weighted by Gasteiger charge is -2.36. The molecule has 15 rings (SSSR count). The first kappa shape index (κ1) is 41.2. The normalized spacial score (nSPS) is 14.1. The average molecular weight is 915 g/mol. The smallest absolute Gasteiger partial charge is 0.0159 e. The summed E-state index contributed by atoms with van der Waals surface area (Å²) < 4.78 is 0. The Morgan fingerprint density at radius 3 is 1.17 bits per heavy atom. The largest absolute Gasteiger partial charge is 0.0622 e. The molecule has 13 aromatic rings. The summed E-state index contributed by atoms with van der Waals surface area (Å²) in [5.41, 5.74) is 20.7. The van der Waals surface area contributed by atoms with Gasteiger partial charge in [-0.15, -0.1) is 0 Å². The highest BCUT2D eigenvalue weighted by Gasteiger charge is 2.41. The third kappa shape index (κ3) is 5.64. The molecule has 0 aromatic heterocycles. The van der Waals surface area contributed by atoms with Crippen molar-refractivity contribution >= 4 is 64.6 Å². The number of benzene rings is 13. The van der Waals surface area contributed by atoms with Gasteiger partial charge in [-0.1, -0.05) is 234 Å². The molecule has 2 aliphatic rings. The van der Waals surface area contributed by atoms with Crippen LogP contribution in [0.2, 0.25) is 0 Å². The van der Waals surface area contributed by atoms with E-state index in [4.69, 9.17) is 0 Å². The molecule has 0 nitrogen and oxygen atoms in total. The van der Waals surface area contributed by atoms with Crippen LogP contribution in [0.4, 0.5) is 0 Å². The summed E-state index contributed by atoms with van der Waals surface area (Å²) in [5.74, 6) is 0. The third-order valence-corrected chi connectivity index (χ3v) is 17.0. The average Bonchev–Trinajstić information content (AvgIpc) is 3.65. The molecule has 72 heavy (non-hydrogen) atoms. The van der Waals surface area contributed by atoms with Crippen LogP contribution in [-0.2, 0) is 10.8 Å². The zero-order chi connectivity index (χ0) is 48.0. The van der Waals surface area contributed by atoms with E-state index in [1.54, 1.807) is 0 Å². The van der Waals surface area contributed by atoms with E-state index < -0.39 is 0 Å². The van der Waals surface area contributed by atoms with E-state index in [1.165, 1.54) is 154 Å². The highest BCUT2D eigenvalue weighted by molar-refractivity contribution is 6.24. The van der Waals surface area contributed by atoms with Gasteiger partial charge in [0.2, 0.25) is 0 Å². The summed E-state index contributed by atoms with van der Waals surface area (Å²) in [6, 6.07) is 87.2. The Labute approximate surface area is 420 Å². The van der Waals surface area contributed by atoms with Gasteiger partial charge >= 0.3 is 0 Å². The molecule has 13 aromatic carbocycles. The van der Waals surface area contributed by atoms with Crippen LogP contribution in [0.5, 0.6) is 0 Å². The maximum absolute atomic E-state index is 2.58. The van der Waals surface area contributed by atoms with Crippen molar-refractivity contribution < 1.29 is 0 Å². The molecule has 338 valence electrons. The number of hydrogen-bond acceptors (Lipinski definition) is 0. The SMILES string of the molecule is CC1(C)c2cc(-c3c4ccccc4c(-c4ccc5ccccc5c4)c4ccccc34)ccc2-c2c1cc1c3c(cccc23)C(C)(C)c2cc(-c3c4ccccc4c(-c4ccccc4)c4ccccc34)ccc2-1. The van der Waals surface area contributed by atoms with E-state index in [-0.39, 0.29) is 10.8 Å². The maximum Gasteiger partial charge on any atom is 0.0159 e. The molecule has 0 saturated carbocycles. The van der Waals surface area contributed by atoms with Gasteiger partial charge in [0.1, 0.15) is 0 Å². The summed E-state index contributed by atoms with van der Waals surface area (Å²) >= 11 is 0. The molecule has 2 aliphatic carbocycles. The van der Waals surface area contributed by atoms with Gasteiger partial charge in [-0.2, -0.15) is 0 Å². The van der Waals surface area contributed by atoms with Crippen LogP contribution in [0.25, 0.3) is 131 Å². The first-order valence-corrected chi connectivity index (χ1v) is 25.6. The van der Waals surface area contributed by atoms with Gasteiger partial charge in [-0.05, 0) is 178 Å². The molecule has 0 saturated heterocycles. The standard InChI is InChI=1S/C72H50/c1-71(2)61-32-18-31-59-69-58-38-36-48(68-56-29-16-14-27-54(56)66(55-28-15-17-30-57(55)68)46-34-33-43-19-8-9-22-45(43)39-46)41-63(58)72(3,4)64(69)42-60(70(59)61)49-37-35-47(40-62(49)71)67-52-25-12-10-23-50(52)65(44-20-6-5-7-21-44)51-24-11-13-26-53(51)67/h5-42H,1-4H3. The van der Waals surface area contributed by atoms with Crippen molar-refractivity contribution in [2.75, 3.05) is 0 Å². The van der Waals surface area contributed by atoms with Crippen molar-refractivity contribution in [2.24, 2.45) is 0 Å². The van der Waals surface area contributed by atoms with Gasteiger partial charge in [0, 0.05) is 10.8 Å². The fourth-order valence-corrected chi connectivity index (χ4v) is 13.6. The molecule has 0 unspecified atom stereocenters. The van der Waals surface area contributed by atoms with E-state index in [2.05, 4.69) is 258 Å². The maximum atomic E-state index is 2.58. The van der Waals surface area contributed by atoms with Crippen LogP contribution in [0.3, 0.4) is 0 Å². The molecule has 0 fully saturated rings. The van der Waals surface area contributed by atoms with Crippen molar-refractivity contribution in [1.29, 1.82) is 0 Å². The molecule has 0 atom stereocenters. The highest BCUT2D eigenvalue weighted by Crippen LogP contribution is 2.59. The zero-order valence-electron chi connectivity index (χ0n) is 40.9. The molecule has 0 spiro atoms. The molecule has 0 heteroatoms. The van der Waals surface area contributed by atoms with Gasteiger partial charge in [0.25, 0.3) is 0 Å². The lowest BCUT2D eigenvalue weighted by molar-refractivity contribution is 0.644. The van der Waals surface area contributed by atoms with E-state index in [9.17, 15) is 0 Å². The van der Waals surface area contributed by atoms with Crippen LogP contribution >= 0.6 is 0 Å². The molecule has 0 amide bonds. The Bertz CT molecular complexity index is 4370. The van der Waals surface area contributed by atoms with E-state index in [0.717, 1.165) is 0 Å². The third-order valence-electron chi connectivity index (χ3n) is 17.0. The van der Waals surface area contributed by atoms with Crippen LogP contribution in [0.15, 0.2) is 231 Å². The van der Waals surface area contributed by atoms with Crippen LogP contribution in [0, 0.1) is 0 Å². The van der Waals surface area contributed by atoms with Crippen molar-refractivity contribution in [1.82, 2.24) is 0 Å². The first-order chi connectivity index (χ1) is 35.3. The summed E-state index contributed by atoms with van der Waals surface area (Å²) in [4.78, 5) is 0. The van der Waals surface area contributed by atoms with Crippen molar-refractivity contribution in [3.05, 3.63) is 253 Å². The molecule has 0 N–H and O–H groups in total. The van der Waals surface area contributed by atoms with Gasteiger partial charge in [0.05, 0.1) is 0 Å². The highest BCUT2D eigenvalue weighted by atomic mass is 14.4. The van der Waals surface area contributed by atoms with Crippen molar-refractivity contribution in [2.45, 2.75) is 38.5 Å². The molecule has 0 heterocycles. The topological polar surface area (TPSA) is 0 Å². The summed E-state index contributed by atoms with van der Waals surface area (Å²) in [7, 11) is 0. The Morgan fingerprint density at radius 2 is 0.625 bits per heavy atom. The fourth-order valence-electron chi connectivity index (χ4n) is 13.6. The van der Waals surface area contributed by atoms with Gasteiger partial charge in [-0.25, -0.2) is 0 Å². The second-order valence-corrected chi connectivity index (χ2v) is 21.5. The Kier molecular flexibility index (Phi) is 8.57. The van der Waals surface area contributed by atoms with Crippen molar-refractivity contribution in [3.8, 4) is 66.8 Å². The minimum Gasteiger partial charge on any atom is -0.0622 e. The number of fused-ring (bicyclic) bond motifs is 11. The fraction of sp³-hybridized carbons (Fsp3) is 0.0833. The molecule has 0 radical (unpaired) electrons. The Hall–Kier alpha value is -8.58. The predicted octanol–water partition coefficient (Wildman–Crippen LogP) is 19.9. The lowest BCUT2D eigenvalue weighted by atomic mass is 9.66. The lowest BCUT2D eigenvalue weighted by Crippen LogP contribution is -2.24. The summed E-state index contributed by atoms with van der Waals surface area (Å²) in [5, 5.41) is 15.5. The first-order valence-electron chi connectivity index (χ1n) is 25.6. The van der Waals surface area contributed by atoms with Gasteiger partial charge in [0.15, 0.2) is 0 Å². The molecular weight excluding hydrogens is 865 g/mol. The van der Waals surface area contributed by atoms with E-state index in [0.29, 0.717) is 0 Å². The van der Waals surface area contributed by atoms with E-state index >= 15 is 0 Å². The monoisotopic (exact) mass is 914 g/mol. The predicted molar refractivity (Wildman–Crippen MR) is 308 cm³/mol. The Balaban J connectivity index is 0.912. The Morgan fingerprint density at radius 1 is 0.222 bits per heavy atom. The van der Waals surface area contributed by atoms with Crippen LogP contribution < -0.4 is 0 Å². The summed E-state index contributed by atoms with van der Waals surface area (Å²) in [6.45, 7) is 9.79. The number of hydrogen-bond donors (Lipinski definition) is 0. The second-order valence-electron chi connectivity index (χ2n) is 21.5.